The van der Waals surface area contributed by atoms with Crippen LogP contribution in [-0.4, -0.2) is 67.1 Å². The van der Waals surface area contributed by atoms with Crippen LogP contribution in [-0.2, 0) is 6.54 Å². The zero-order valence-corrected chi connectivity index (χ0v) is 24.5. The Hall–Kier alpha value is -4.07. The summed E-state index contributed by atoms with van der Waals surface area (Å²) in [5.41, 5.74) is 9.76. The number of nitriles is 2. The number of nitrogens with zero attached hydrogens (tertiary/aromatic N) is 6. The van der Waals surface area contributed by atoms with Gasteiger partial charge in [0.15, 0.2) is 0 Å². The summed E-state index contributed by atoms with van der Waals surface area (Å²) in [5.74, 6) is -0.336. The number of halogens is 1. The largest absolute Gasteiger partial charge is 0.368 e. The molecule has 0 spiro atoms. The molecule has 0 aromatic heterocycles. The van der Waals surface area contributed by atoms with Crippen LogP contribution in [0.4, 0.5) is 10.1 Å². The molecule has 0 N–H and O–H groups in total. The highest BCUT2D eigenvalue weighted by Gasteiger charge is 2.25. The van der Waals surface area contributed by atoms with Crippen LogP contribution < -0.4 is 4.90 Å². The van der Waals surface area contributed by atoms with Crippen LogP contribution in [0.1, 0.15) is 46.2 Å². The molecule has 0 atom stereocenters. The molecule has 2 aromatic carbocycles. The van der Waals surface area contributed by atoms with E-state index in [9.17, 15) is 14.9 Å². The quantitative estimate of drug-likeness (QED) is 0.463. The third-order valence-electron chi connectivity index (χ3n) is 8.75. The fourth-order valence-electron chi connectivity index (χ4n) is 6.24. The number of anilines is 1. The fraction of sp³-hybridized carbons (Fsp3) is 0.412. The number of hydrogen-bond acceptors (Lipinski definition) is 6. The lowest BCUT2D eigenvalue weighted by Crippen LogP contribution is -2.46. The second-order valence-electron chi connectivity index (χ2n) is 11.4. The first-order chi connectivity index (χ1) is 19.8. The summed E-state index contributed by atoms with van der Waals surface area (Å²) < 4.78 is 14.0. The molecular formula is C34H39FN6. The third kappa shape index (κ3) is 6.01. The fourth-order valence-corrected chi connectivity index (χ4v) is 6.24. The van der Waals surface area contributed by atoms with Crippen LogP contribution in [0.15, 0.2) is 54.3 Å². The van der Waals surface area contributed by atoms with Gasteiger partial charge in [-0.05, 0) is 74.1 Å². The predicted octanol–water partition coefficient (Wildman–Crippen LogP) is 5.66. The van der Waals surface area contributed by atoms with E-state index in [-0.39, 0.29) is 5.82 Å². The predicted molar refractivity (Wildman–Crippen MR) is 162 cm³/mol. The Balaban J connectivity index is 1.23. The molecule has 2 fully saturated rings. The molecule has 2 aromatic rings. The van der Waals surface area contributed by atoms with E-state index in [0.717, 1.165) is 94.4 Å². The van der Waals surface area contributed by atoms with E-state index in [0.29, 0.717) is 11.1 Å². The maximum Gasteiger partial charge on any atom is 0.127 e. The van der Waals surface area contributed by atoms with Crippen LogP contribution in [0.25, 0.3) is 5.70 Å². The third-order valence-corrected chi connectivity index (χ3v) is 8.75. The SMILES string of the molecule is C=C(c1cc(CN2CCN(C3=CCCC=C3C#N)CC2)c(C)cc1C)N1CCN(c2cc(C)c(F)cc2C#N)CC1. The van der Waals surface area contributed by atoms with E-state index in [1.54, 1.807) is 13.0 Å². The van der Waals surface area contributed by atoms with Gasteiger partial charge in [0, 0.05) is 70.2 Å². The van der Waals surface area contributed by atoms with Gasteiger partial charge in [-0.3, -0.25) is 4.90 Å². The summed E-state index contributed by atoms with van der Waals surface area (Å²) in [4.78, 5) is 9.39. The molecule has 2 heterocycles. The average molecular weight is 551 g/mol. The second kappa shape index (κ2) is 12.2. The summed E-state index contributed by atoms with van der Waals surface area (Å²) >= 11 is 0. The highest BCUT2D eigenvalue weighted by Crippen LogP contribution is 2.30. The lowest BCUT2D eigenvalue weighted by Gasteiger charge is -2.39. The summed E-state index contributed by atoms with van der Waals surface area (Å²) in [6.07, 6.45) is 6.26. The highest BCUT2D eigenvalue weighted by atomic mass is 19.1. The lowest BCUT2D eigenvalue weighted by molar-refractivity contribution is 0.154. The molecule has 0 bridgehead atoms. The topological polar surface area (TPSA) is 60.5 Å². The summed E-state index contributed by atoms with van der Waals surface area (Å²) in [6.45, 7) is 18.4. The smallest absolute Gasteiger partial charge is 0.127 e. The van der Waals surface area contributed by atoms with Crippen molar-refractivity contribution in [3.05, 3.63) is 93.5 Å². The van der Waals surface area contributed by atoms with Gasteiger partial charge in [0.25, 0.3) is 0 Å². The zero-order chi connectivity index (χ0) is 29.1. The minimum Gasteiger partial charge on any atom is -0.368 e. The molecule has 1 aliphatic carbocycles. The van der Waals surface area contributed by atoms with E-state index in [2.05, 4.69) is 76.4 Å². The molecule has 0 saturated carbocycles. The highest BCUT2D eigenvalue weighted by molar-refractivity contribution is 5.67. The van der Waals surface area contributed by atoms with Crippen molar-refractivity contribution in [2.75, 3.05) is 57.3 Å². The standard InChI is InChI=1S/C34H39FN6/c1-24-17-25(2)31(19-30(24)23-38-9-11-40(12-10-38)33-8-6-5-7-28(33)21-36)27(4)39-13-15-41(16-14-39)34-18-26(3)32(35)20-29(34)22-37/h7-8,17-20H,4-6,9-16,23H2,1-3H3. The Kier molecular flexibility index (Phi) is 8.47. The lowest BCUT2D eigenvalue weighted by atomic mass is 9.96. The van der Waals surface area contributed by atoms with Crippen molar-refractivity contribution < 1.29 is 4.39 Å². The second-order valence-corrected chi connectivity index (χ2v) is 11.4. The molecule has 7 heteroatoms. The monoisotopic (exact) mass is 550 g/mol. The summed E-state index contributed by atoms with van der Waals surface area (Å²) in [5, 5.41) is 19.1. The Morgan fingerprint density at radius 3 is 2.17 bits per heavy atom. The van der Waals surface area contributed by atoms with E-state index in [1.165, 1.54) is 28.3 Å². The van der Waals surface area contributed by atoms with E-state index in [4.69, 9.17) is 0 Å². The van der Waals surface area contributed by atoms with Gasteiger partial charge in [0.2, 0.25) is 0 Å². The number of rotatable bonds is 6. The molecule has 0 radical (unpaired) electrons. The Labute approximate surface area is 243 Å². The van der Waals surface area contributed by atoms with Crippen LogP contribution in [0.5, 0.6) is 0 Å². The van der Waals surface area contributed by atoms with Crippen molar-refractivity contribution in [3.63, 3.8) is 0 Å². The number of piperazine rings is 2. The van der Waals surface area contributed by atoms with E-state index < -0.39 is 0 Å². The molecule has 5 rings (SSSR count). The van der Waals surface area contributed by atoms with Crippen LogP contribution >= 0.6 is 0 Å². The van der Waals surface area contributed by atoms with Crippen molar-refractivity contribution >= 4 is 11.4 Å². The molecule has 212 valence electrons. The number of aryl methyl sites for hydroxylation is 3. The minimum absolute atomic E-state index is 0.336. The average Bonchev–Trinajstić information content (AvgIpc) is 2.99. The molecular weight excluding hydrogens is 511 g/mol. The normalized spacial score (nSPS) is 18.0. The van der Waals surface area contributed by atoms with Gasteiger partial charge in [0.05, 0.1) is 22.5 Å². The van der Waals surface area contributed by atoms with Crippen molar-refractivity contribution in [1.29, 1.82) is 10.5 Å². The van der Waals surface area contributed by atoms with Gasteiger partial charge >= 0.3 is 0 Å². The van der Waals surface area contributed by atoms with Gasteiger partial charge < -0.3 is 14.7 Å². The summed E-state index contributed by atoms with van der Waals surface area (Å²) in [7, 11) is 0. The molecule has 0 amide bonds. The zero-order valence-electron chi connectivity index (χ0n) is 24.5. The van der Waals surface area contributed by atoms with Crippen molar-refractivity contribution in [2.24, 2.45) is 0 Å². The van der Waals surface area contributed by atoms with Gasteiger partial charge in [-0.25, -0.2) is 4.39 Å². The number of allylic oxidation sites excluding steroid dienone is 3. The molecule has 6 nitrogen and oxygen atoms in total. The van der Waals surface area contributed by atoms with Crippen molar-refractivity contribution in [3.8, 4) is 12.1 Å². The van der Waals surface area contributed by atoms with Crippen LogP contribution in [0, 0.1) is 49.3 Å². The first-order valence-corrected chi connectivity index (χ1v) is 14.6. The maximum absolute atomic E-state index is 14.0. The van der Waals surface area contributed by atoms with Gasteiger partial charge in [0.1, 0.15) is 18.0 Å². The molecule has 2 aliphatic heterocycles. The number of hydrogen-bond donors (Lipinski definition) is 0. The molecule has 2 saturated heterocycles. The van der Waals surface area contributed by atoms with Crippen molar-refractivity contribution in [2.45, 2.75) is 40.2 Å². The summed E-state index contributed by atoms with van der Waals surface area (Å²) in [6, 6.07) is 12.3. The Morgan fingerprint density at radius 1 is 0.805 bits per heavy atom. The van der Waals surface area contributed by atoms with Gasteiger partial charge in [-0.1, -0.05) is 24.8 Å². The Bertz CT molecular complexity index is 1470. The number of benzene rings is 2. The van der Waals surface area contributed by atoms with E-state index >= 15 is 0 Å². The van der Waals surface area contributed by atoms with E-state index in [1.807, 2.05) is 0 Å². The van der Waals surface area contributed by atoms with Crippen LogP contribution in [0.3, 0.4) is 0 Å². The van der Waals surface area contributed by atoms with Crippen molar-refractivity contribution in [1.82, 2.24) is 14.7 Å². The van der Waals surface area contributed by atoms with Gasteiger partial charge in [-0.15, -0.1) is 0 Å². The Morgan fingerprint density at radius 2 is 1.49 bits per heavy atom. The molecule has 3 aliphatic rings. The molecule has 0 unspecified atom stereocenters. The van der Waals surface area contributed by atoms with Gasteiger partial charge in [-0.2, -0.15) is 10.5 Å². The maximum atomic E-state index is 14.0. The minimum atomic E-state index is -0.336. The van der Waals surface area contributed by atoms with Crippen LogP contribution in [0.2, 0.25) is 0 Å². The first kappa shape index (κ1) is 28.5. The molecule has 41 heavy (non-hydrogen) atoms. The first-order valence-electron chi connectivity index (χ1n) is 14.6.